The van der Waals surface area contributed by atoms with Crippen LogP contribution >= 0.6 is 0 Å². The molecule has 0 radical (unpaired) electrons. The molecular weight excluding hydrogens is 494 g/mol. The number of carbonyl (C=O) groups is 5. The van der Waals surface area contributed by atoms with Crippen molar-refractivity contribution < 1.29 is 42.9 Å². The number of fused-ring (bicyclic) bond motifs is 2. The summed E-state index contributed by atoms with van der Waals surface area (Å²) in [7, 11) is 0. The van der Waals surface area contributed by atoms with Crippen LogP contribution in [0.5, 0.6) is 0 Å². The van der Waals surface area contributed by atoms with Gasteiger partial charge >= 0.3 is 23.9 Å². The normalized spacial score (nSPS) is 29.2. The molecule has 0 heterocycles. The van der Waals surface area contributed by atoms with Crippen molar-refractivity contribution >= 4 is 29.8 Å². The molecule has 1 fully saturated rings. The minimum Gasteiger partial charge on any atom is -0.466 e. The van der Waals surface area contributed by atoms with E-state index in [1.807, 2.05) is 0 Å². The second kappa shape index (κ2) is 11.8. The van der Waals surface area contributed by atoms with Gasteiger partial charge in [0.1, 0.15) is 0 Å². The average Bonchev–Trinajstić information content (AvgIpc) is 2.89. The van der Waals surface area contributed by atoms with E-state index in [9.17, 15) is 24.0 Å². The van der Waals surface area contributed by atoms with Gasteiger partial charge in [-0.3, -0.25) is 24.0 Å². The van der Waals surface area contributed by atoms with Gasteiger partial charge in [0.2, 0.25) is 0 Å². The summed E-state index contributed by atoms with van der Waals surface area (Å²) >= 11 is 0. The second-order valence-corrected chi connectivity index (χ2v) is 9.37. The first-order chi connectivity index (χ1) is 18.1. The molecule has 1 amide bonds. The van der Waals surface area contributed by atoms with Gasteiger partial charge in [0, 0.05) is 11.0 Å². The van der Waals surface area contributed by atoms with Crippen molar-refractivity contribution in [3.63, 3.8) is 0 Å². The lowest BCUT2D eigenvalue weighted by atomic mass is 9.43. The van der Waals surface area contributed by atoms with Crippen molar-refractivity contribution in [1.29, 1.82) is 0 Å². The zero-order valence-electron chi connectivity index (χ0n) is 22.4. The molecule has 3 aliphatic carbocycles. The van der Waals surface area contributed by atoms with Crippen molar-refractivity contribution in [3.8, 4) is 0 Å². The maximum Gasteiger partial charge on any atom is 0.312 e. The van der Waals surface area contributed by atoms with E-state index in [2.05, 4.69) is 5.32 Å². The number of amides is 1. The molecule has 2 bridgehead atoms. The number of nitrogens with one attached hydrogen (secondary N) is 1. The fourth-order valence-electron chi connectivity index (χ4n) is 5.81. The molecule has 1 N–H and O–H groups in total. The van der Waals surface area contributed by atoms with Crippen LogP contribution in [-0.4, -0.2) is 61.8 Å². The number of rotatable bonds is 10. The minimum absolute atomic E-state index is 0.0133. The second-order valence-electron chi connectivity index (χ2n) is 9.37. The average molecular weight is 530 g/mol. The van der Waals surface area contributed by atoms with E-state index in [4.69, 9.17) is 18.9 Å². The van der Waals surface area contributed by atoms with Crippen molar-refractivity contribution in [2.75, 3.05) is 26.4 Å². The number of hydrogen-bond donors (Lipinski definition) is 1. The van der Waals surface area contributed by atoms with Gasteiger partial charge in [0.15, 0.2) is 0 Å². The molecule has 0 aromatic heterocycles. The molecule has 1 aromatic rings. The molecule has 1 aromatic carbocycles. The van der Waals surface area contributed by atoms with Crippen LogP contribution < -0.4 is 5.32 Å². The van der Waals surface area contributed by atoms with E-state index in [0.717, 1.165) is 0 Å². The summed E-state index contributed by atoms with van der Waals surface area (Å²) in [4.78, 5) is 67.8. The van der Waals surface area contributed by atoms with Crippen LogP contribution in [0.4, 0.5) is 0 Å². The first kappa shape index (κ1) is 28.9. The highest BCUT2D eigenvalue weighted by Crippen LogP contribution is 2.61. The molecule has 206 valence electrons. The molecule has 6 atom stereocenters. The predicted octanol–water partition coefficient (Wildman–Crippen LogP) is 2.46. The number of hydrogen-bond acceptors (Lipinski definition) is 9. The van der Waals surface area contributed by atoms with Crippen LogP contribution in [0, 0.1) is 29.1 Å². The predicted molar refractivity (Wildman–Crippen MR) is 134 cm³/mol. The summed E-state index contributed by atoms with van der Waals surface area (Å²) in [6.45, 7) is 8.05. The number of allylic oxidation sites excluding steroid dienone is 1. The quantitative estimate of drug-likeness (QED) is 0.275. The van der Waals surface area contributed by atoms with E-state index < -0.39 is 64.4 Å². The maximum absolute atomic E-state index is 13.6. The van der Waals surface area contributed by atoms with E-state index in [1.54, 1.807) is 71.0 Å². The molecule has 4 rings (SSSR count). The van der Waals surface area contributed by atoms with Crippen LogP contribution in [-0.2, 0) is 38.1 Å². The van der Waals surface area contributed by atoms with E-state index >= 15 is 0 Å². The van der Waals surface area contributed by atoms with Crippen LogP contribution in [0.1, 0.15) is 45.0 Å². The molecule has 38 heavy (non-hydrogen) atoms. The van der Waals surface area contributed by atoms with Crippen molar-refractivity contribution in [1.82, 2.24) is 5.32 Å². The number of ether oxygens (including phenoxy) is 4. The smallest absolute Gasteiger partial charge is 0.312 e. The van der Waals surface area contributed by atoms with Gasteiger partial charge in [-0.25, -0.2) is 0 Å². The molecule has 2 unspecified atom stereocenters. The highest BCUT2D eigenvalue weighted by molar-refractivity contribution is 5.99. The molecule has 3 aliphatic rings. The largest absolute Gasteiger partial charge is 0.466 e. The van der Waals surface area contributed by atoms with Crippen LogP contribution in [0.25, 0.3) is 0 Å². The summed E-state index contributed by atoms with van der Waals surface area (Å²) in [5.74, 6) is -9.11. The topological polar surface area (TPSA) is 134 Å². The Labute approximate surface area is 222 Å². The Balaban J connectivity index is 2.34. The highest BCUT2D eigenvalue weighted by atomic mass is 16.5. The Morgan fingerprint density at radius 3 is 1.45 bits per heavy atom. The zero-order valence-corrected chi connectivity index (χ0v) is 22.4. The summed E-state index contributed by atoms with van der Waals surface area (Å²) in [6.07, 6.45) is 3.11. The molecule has 0 saturated heterocycles. The van der Waals surface area contributed by atoms with Crippen LogP contribution in [0.2, 0.25) is 0 Å². The summed E-state index contributed by atoms with van der Waals surface area (Å²) < 4.78 is 21.5. The Kier molecular flexibility index (Phi) is 8.96. The van der Waals surface area contributed by atoms with E-state index in [1.165, 1.54) is 6.08 Å². The lowest BCUT2D eigenvalue weighted by Crippen LogP contribution is -2.76. The first-order valence-corrected chi connectivity index (χ1v) is 12.9. The SMILES string of the molecule is CCOC(=O)[C@@H]1[C@@H](C(=O)OCC)C2(NC(=O)c3ccccc3)C=CC1(C)[C@@H](C(=O)OCC)[C@@H]2C(=O)OCC. The third-order valence-corrected chi connectivity index (χ3v) is 7.28. The lowest BCUT2D eigenvalue weighted by Gasteiger charge is -2.60. The Bertz CT molecular complexity index is 1050. The summed E-state index contributed by atoms with van der Waals surface area (Å²) in [6, 6.07) is 8.19. The Hall–Kier alpha value is -3.69. The van der Waals surface area contributed by atoms with E-state index in [0.29, 0.717) is 0 Å². The van der Waals surface area contributed by atoms with Crippen molar-refractivity contribution in [2.24, 2.45) is 29.1 Å². The fraction of sp³-hybridized carbons (Fsp3) is 0.536. The van der Waals surface area contributed by atoms with E-state index in [-0.39, 0.29) is 32.0 Å². The standard InChI is InChI=1S/C28H35NO9/c1-6-35-23(31)18-20(25(33)37-8-3)28(29-22(30)17-13-11-10-12-14-17)16-15-27(18,5)19(24(32)36-7-2)21(28)26(34)38-9-4/h10-16,18-21H,6-9H2,1-5H3,(H,29,30)/t18-,19+,20-,21+,27?,28?. The van der Waals surface area contributed by atoms with Crippen LogP contribution in [0.3, 0.4) is 0 Å². The van der Waals surface area contributed by atoms with Crippen molar-refractivity contribution in [2.45, 2.75) is 40.2 Å². The minimum atomic E-state index is -1.86. The van der Waals surface area contributed by atoms with Gasteiger partial charge in [-0.15, -0.1) is 0 Å². The summed E-state index contributed by atoms with van der Waals surface area (Å²) in [5, 5.41) is 2.84. The van der Waals surface area contributed by atoms with Gasteiger partial charge in [0.05, 0.1) is 55.6 Å². The maximum atomic E-state index is 13.6. The lowest BCUT2D eigenvalue weighted by molar-refractivity contribution is -0.198. The summed E-state index contributed by atoms with van der Waals surface area (Å²) in [5.41, 5.74) is -3.01. The molecular formula is C28H35NO9. The van der Waals surface area contributed by atoms with Gasteiger partial charge in [-0.2, -0.15) is 0 Å². The number of esters is 4. The molecule has 1 saturated carbocycles. The van der Waals surface area contributed by atoms with Gasteiger partial charge < -0.3 is 24.3 Å². The molecule has 0 aliphatic heterocycles. The first-order valence-electron chi connectivity index (χ1n) is 12.9. The van der Waals surface area contributed by atoms with Gasteiger partial charge in [0.25, 0.3) is 5.91 Å². The van der Waals surface area contributed by atoms with Crippen LogP contribution in [0.15, 0.2) is 42.5 Å². The van der Waals surface area contributed by atoms with Gasteiger partial charge in [-0.1, -0.05) is 37.3 Å². The third-order valence-electron chi connectivity index (χ3n) is 7.28. The monoisotopic (exact) mass is 529 g/mol. The Morgan fingerprint density at radius 2 is 1.05 bits per heavy atom. The van der Waals surface area contributed by atoms with Gasteiger partial charge in [-0.05, 0) is 39.8 Å². The third kappa shape index (κ3) is 4.91. The molecule has 10 nitrogen and oxygen atoms in total. The fourth-order valence-corrected chi connectivity index (χ4v) is 5.81. The molecule has 10 heteroatoms. The zero-order chi connectivity index (χ0) is 28.1. The Morgan fingerprint density at radius 1 is 0.658 bits per heavy atom. The highest BCUT2D eigenvalue weighted by Gasteiger charge is 2.74. The number of benzene rings is 1. The number of carbonyl (C=O) groups excluding carboxylic acids is 5. The molecule has 0 spiro atoms. The van der Waals surface area contributed by atoms with Crippen molar-refractivity contribution in [3.05, 3.63) is 48.0 Å².